The van der Waals surface area contributed by atoms with E-state index in [2.05, 4.69) is 0 Å². The van der Waals surface area contributed by atoms with E-state index in [1.807, 2.05) is 6.92 Å². The Balaban J connectivity index is 1.71. The monoisotopic (exact) mass is 308 g/mol. The number of esters is 1. The molecule has 0 aromatic heterocycles. The highest BCUT2D eigenvalue weighted by Gasteiger charge is 2.34. The van der Waals surface area contributed by atoms with Gasteiger partial charge >= 0.3 is 5.97 Å². The second-order valence-corrected chi connectivity index (χ2v) is 6.07. The Kier molecular flexibility index (Phi) is 3.97. The summed E-state index contributed by atoms with van der Waals surface area (Å²) in [6.07, 6.45) is 1.27. The summed E-state index contributed by atoms with van der Waals surface area (Å²) in [4.78, 5) is 12.0. The number of phenolic OH excluding ortho intramolecular Hbond substituents is 2. The predicted molar refractivity (Wildman–Crippen MR) is 76.9 cm³/mol. The lowest BCUT2D eigenvalue weighted by molar-refractivity contribution is -0.120. The Bertz CT molecular complexity index is 584. The van der Waals surface area contributed by atoms with Gasteiger partial charge in [0.15, 0.2) is 0 Å². The highest BCUT2D eigenvalue weighted by atomic mass is 16.6. The lowest BCUT2D eigenvalue weighted by atomic mass is 9.92. The number of fused-ring (bicyclic) bond motifs is 1. The first kappa shape index (κ1) is 15.1. The molecule has 2 unspecified atom stereocenters. The summed E-state index contributed by atoms with van der Waals surface area (Å²) in [7, 11) is 0. The predicted octanol–water partition coefficient (Wildman–Crippen LogP) is 1.50. The fraction of sp³-hybridized carbons (Fsp3) is 0.562. The van der Waals surface area contributed by atoms with Crippen molar-refractivity contribution in [2.75, 3.05) is 0 Å². The van der Waals surface area contributed by atoms with E-state index in [9.17, 15) is 20.1 Å². The second kappa shape index (κ2) is 5.78. The van der Waals surface area contributed by atoms with Gasteiger partial charge in [-0.15, -0.1) is 0 Å². The number of aromatic hydroxyl groups is 2. The Hall–Kier alpha value is -1.79. The highest BCUT2D eigenvalue weighted by Crippen LogP contribution is 2.34. The number of cyclic esters (lactones) is 1. The van der Waals surface area contributed by atoms with Gasteiger partial charge in [0, 0.05) is 18.9 Å². The van der Waals surface area contributed by atoms with Gasteiger partial charge in [0.1, 0.15) is 23.2 Å². The molecule has 1 aromatic rings. The zero-order chi connectivity index (χ0) is 15.9. The molecule has 0 aliphatic carbocycles. The maximum atomic E-state index is 12.0. The summed E-state index contributed by atoms with van der Waals surface area (Å²) < 4.78 is 11.1. The normalized spacial score (nSPS) is 31.5. The molecule has 1 saturated heterocycles. The number of aliphatic hydroxyl groups excluding tert-OH is 1. The van der Waals surface area contributed by atoms with Crippen molar-refractivity contribution in [3.05, 3.63) is 23.3 Å². The van der Waals surface area contributed by atoms with Gasteiger partial charge in [-0.2, -0.15) is 0 Å². The van der Waals surface area contributed by atoms with Gasteiger partial charge in [-0.05, 0) is 31.4 Å². The molecular formula is C16H20O6. The molecule has 1 fully saturated rings. The first-order valence-corrected chi connectivity index (χ1v) is 7.53. The molecule has 0 amide bonds. The van der Waals surface area contributed by atoms with E-state index in [-0.39, 0.29) is 35.4 Å². The lowest BCUT2D eigenvalue weighted by Gasteiger charge is -2.34. The van der Waals surface area contributed by atoms with Crippen LogP contribution in [0, 0.1) is 0 Å². The van der Waals surface area contributed by atoms with Crippen molar-refractivity contribution in [1.82, 2.24) is 0 Å². The molecule has 0 radical (unpaired) electrons. The molecular weight excluding hydrogens is 288 g/mol. The van der Waals surface area contributed by atoms with Crippen LogP contribution in [0.5, 0.6) is 11.5 Å². The molecule has 120 valence electrons. The van der Waals surface area contributed by atoms with Crippen LogP contribution in [0.25, 0.3) is 0 Å². The van der Waals surface area contributed by atoms with Crippen LogP contribution in [0.4, 0.5) is 0 Å². The van der Waals surface area contributed by atoms with E-state index < -0.39 is 12.1 Å². The van der Waals surface area contributed by atoms with Crippen molar-refractivity contribution in [3.8, 4) is 11.5 Å². The number of carbonyl (C=O) groups is 1. The number of rotatable bonds is 2. The number of aliphatic hydroxyl groups is 1. The Labute approximate surface area is 128 Å². The van der Waals surface area contributed by atoms with E-state index in [4.69, 9.17) is 9.47 Å². The van der Waals surface area contributed by atoms with Gasteiger partial charge in [-0.3, -0.25) is 0 Å². The maximum Gasteiger partial charge on any atom is 0.342 e. The lowest BCUT2D eigenvalue weighted by Crippen LogP contribution is -2.40. The zero-order valence-electron chi connectivity index (χ0n) is 12.4. The maximum absolute atomic E-state index is 12.0. The van der Waals surface area contributed by atoms with Crippen LogP contribution >= 0.6 is 0 Å². The van der Waals surface area contributed by atoms with Gasteiger partial charge in [-0.1, -0.05) is 0 Å². The fourth-order valence-corrected chi connectivity index (χ4v) is 3.21. The minimum Gasteiger partial charge on any atom is -0.508 e. The van der Waals surface area contributed by atoms with Crippen LogP contribution in [0.2, 0.25) is 0 Å². The molecule has 6 nitrogen and oxygen atoms in total. The minimum atomic E-state index is -0.576. The summed E-state index contributed by atoms with van der Waals surface area (Å²) >= 11 is 0. The first-order chi connectivity index (χ1) is 10.4. The average molecular weight is 308 g/mol. The van der Waals surface area contributed by atoms with Crippen molar-refractivity contribution >= 4 is 5.97 Å². The van der Waals surface area contributed by atoms with Crippen LogP contribution in [0.15, 0.2) is 12.1 Å². The molecule has 2 aliphatic rings. The van der Waals surface area contributed by atoms with Crippen molar-refractivity contribution < 1.29 is 29.6 Å². The molecule has 3 rings (SSSR count). The minimum absolute atomic E-state index is 0.0661. The second-order valence-electron chi connectivity index (χ2n) is 6.07. The van der Waals surface area contributed by atoms with E-state index >= 15 is 0 Å². The molecule has 0 bridgehead atoms. The van der Waals surface area contributed by atoms with Gasteiger partial charge in [0.2, 0.25) is 0 Å². The van der Waals surface area contributed by atoms with Crippen molar-refractivity contribution in [1.29, 1.82) is 0 Å². The molecule has 4 atom stereocenters. The average Bonchev–Trinajstić information content (AvgIpc) is 2.41. The number of hydrogen-bond donors (Lipinski definition) is 3. The quantitative estimate of drug-likeness (QED) is 0.717. The van der Waals surface area contributed by atoms with Crippen molar-refractivity contribution in [3.63, 3.8) is 0 Å². The Morgan fingerprint density at radius 3 is 2.73 bits per heavy atom. The largest absolute Gasteiger partial charge is 0.508 e. The standard InChI is InChI=1S/C16H20O6/c1-8-13(18)3-2-11(21-8)7-12-5-9-4-10(17)6-14(19)15(9)16(20)22-12/h4,6,8,11-13,17-19H,2-3,5,7H2,1H3/t8-,11+,12?,13?/m0/s1. The smallest absolute Gasteiger partial charge is 0.342 e. The summed E-state index contributed by atoms with van der Waals surface area (Å²) in [6, 6.07) is 2.62. The van der Waals surface area contributed by atoms with Crippen molar-refractivity contribution in [2.24, 2.45) is 0 Å². The molecule has 2 heterocycles. The van der Waals surface area contributed by atoms with Gasteiger partial charge in [0.25, 0.3) is 0 Å². The molecule has 0 spiro atoms. The topological polar surface area (TPSA) is 96.2 Å². The number of hydrogen-bond acceptors (Lipinski definition) is 6. The fourth-order valence-electron chi connectivity index (χ4n) is 3.21. The Morgan fingerprint density at radius 2 is 2.00 bits per heavy atom. The Morgan fingerprint density at radius 1 is 1.23 bits per heavy atom. The van der Waals surface area contributed by atoms with Gasteiger partial charge in [-0.25, -0.2) is 4.79 Å². The molecule has 1 aromatic carbocycles. The van der Waals surface area contributed by atoms with Crippen LogP contribution in [0.1, 0.15) is 42.1 Å². The number of benzene rings is 1. The SMILES string of the molecule is C[C@@H]1O[C@@H](CC2Cc3cc(O)cc(O)c3C(=O)O2)CCC1O. The van der Waals surface area contributed by atoms with E-state index in [1.165, 1.54) is 6.07 Å². The number of phenols is 2. The third-order valence-corrected chi connectivity index (χ3v) is 4.37. The highest BCUT2D eigenvalue weighted by molar-refractivity contribution is 5.95. The number of carbonyl (C=O) groups excluding carboxylic acids is 1. The molecule has 22 heavy (non-hydrogen) atoms. The first-order valence-electron chi connectivity index (χ1n) is 7.53. The van der Waals surface area contributed by atoms with Crippen LogP contribution in [0.3, 0.4) is 0 Å². The van der Waals surface area contributed by atoms with Crippen LogP contribution in [-0.4, -0.2) is 45.7 Å². The third kappa shape index (κ3) is 2.89. The number of ether oxygens (including phenoxy) is 2. The summed E-state index contributed by atoms with van der Waals surface area (Å²) in [5.74, 6) is -0.910. The third-order valence-electron chi connectivity index (χ3n) is 4.37. The summed E-state index contributed by atoms with van der Waals surface area (Å²) in [5, 5.41) is 29.0. The molecule has 0 saturated carbocycles. The van der Waals surface area contributed by atoms with Crippen LogP contribution < -0.4 is 0 Å². The van der Waals surface area contributed by atoms with Gasteiger partial charge in [0.05, 0.1) is 18.3 Å². The summed E-state index contributed by atoms with van der Waals surface area (Å²) in [5.41, 5.74) is 0.713. The van der Waals surface area contributed by atoms with E-state index in [0.29, 0.717) is 24.8 Å². The van der Waals surface area contributed by atoms with Crippen LogP contribution in [-0.2, 0) is 15.9 Å². The molecule has 2 aliphatic heterocycles. The van der Waals surface area contributed by atoms with E-state index in [1.54, 1.807) is 0 Å². The zero-order valence-corrected chi connectivity index (χ0v) is 12.4. The molecule has 3 N–H and O–H groups in total. The van der Waals surface area contributed by atoms with Gasteiger partial charge < -0.3 is 24.8 Å². The van der Waals surface area contributed by atoms with E-state index in [0.717, 1.165) is 12.5 Å². The molecule has 6 heteroatoms. The summed E-state index contributed by atoms with van der Waals surface area (Å²) in [6.45, 7) is 1.83. The van der Waals surface area contributed by atoms with Crippen molar-refractivity contribution in [2.45, 2.75) is 57.0 Å².